The Morgan fingerprint density at radius 2 is 2.28 bits per heavy atom. The van der Waals surface area contributed by atoms with Gasteiger partial charge in [0.2, 0.25) is 5.91 Å². The number of hydrogen-bond acceptors (Lipinski definition) is 5. The molecule has 18 heavy (non-hydrogen) atoms. The van der Waals surface area contributed by atoms with E-state index in [1.165, 1.54) is 11.4 Å². The molecular formula is C10H16FN3O2S2. The van der Waals surface area contributed by atoms with Gasteiger partial charge in [-0.15, -0.1) is 11.3 Å². The van der Waals surface area contributed by atoms with Gasteiger partial charge in [0.1, 0.15) is 4.90 Å². The van der Waals surface area contributed by atoms with Crippen LogP contribution in [0, 0.1) is 15.8 Å². The summed E-state index contributed by atoms with van der Waals surface area (Å²) in [6, 6.07) is 0.377. The van der Waals surface area contributed by atoms with Gasteiger partial charge in [0.15, 0.2) is 15.0 Å². The number of carbonyl (C=O) groups is 1. The van der Waals surface area contributed by atoms with E-state index in [1.54, 1.807) is 0 Å². The zero-order chi connectivity index (χ0) is 13.9. The smallest absolute Gasteiger partial charge is 0.249 e. The van der Waals surface area contributed by atoms with Gasteiger partial charge in [0.05, 0.1) is 6.04 Å². The minimum Gasteiger partial charge on any atom is -0.320 e. The highest BCUT2D eigenvalue weighted by Gasteiger charge is 2.23. The summed E-state index contributed by atoms with van der Waals surface area (Å²) >= 11 is 0.729. The van der Waals surface area contributed by atoms with Crippen LogP contribution in [0.5, 0.6) is 0 Å². The zero-order valence-electron chi connectivity index (χ0n) is 10.1. The number of nitrogens with one attached hydrogen (secondary N) is 2. The molecule has 0 fully saturated rings. The highest BCUT2D eigenvalue weighted by molar-refractivity contribution is 7.91. The molecule has 0 saturated heterocycles. The Bertz CT molecular complexity index is 525. The van der Waals surface area contributed by atoms with Crippen molar-refractivity contribution < 1.29 is 13.4 Å². The fourth-order valence-corrected chi connectivity index (χ4v) is 3.50. The Morgan fingerprint density at radius 1 is 1.67 bits per heavy atom. The van der Waals surface area contributed by atoms with Crippen LogP contribution in [0.4, 0.5) is 4.39 Å². The summed E-state index contributed by atoms with van der Waals surface area (Å²) in [7, 11) is -3.67. The van der Waals surface area contributed by atoms with E-state index < -0.39 is 27.0 Å². The van der Waals surface area contributed by atoms with Crippen molar-refractivity contribution in [3.8, 4) is 0 Å². The number of thiophene rings is 1. The lowest BCUT2D eigenvalue weighted by molar-refractivity contribution is -0.120. The van der Waals surface area contributed by atoms with Crippen LogP contribution in [0.15, 0.2) is 16.3 Å². The SMILES string of the molecule is CC(C)C[C@H](N)C(=O)NS(=N)(=O)c1ccsc1F. The number of nitrogens with two attached hydrogens (primary N) is 1. The first-order chi connectivity index (χ1) is 8.24. The van der Waals surface area contributed by atoms with Crippen LogP contribution in [0.1, 0.15) is 20.3 Å². The van der Waals surface area contributed by atoms with E-state index in [1.807, 2.05) is 18.6 Å². The molecule has 0 aliphatic heterocycles. The quantitative estimate of drug-likeness (QED) is 0.771. The number of amides is 1. The standard InChI is InChI=1S/C10H16FN3O2S2/c1-6(2)5-7(12)10(15)14-18(13,16)8-3-4-17-9(8)11/h3-4,6-7H,5,12H2,1-2H3,(H2,13,14,15,16)/t7-,18?/m0/s1. The highest BCUT2D eigenvalue weighted by Crippen LogP contribution is 2.20. The minimum atomic E-state index is -3.67. The molecule has 1 rings (SSSR count). The van der Waals surface area contributed by atoms with Crippen molar-refractivity contribution in [2.24, 2.45) is 11.7 Å². The summed E-state index contributed by atoms with van der Waals surface area (Å²) in [5.74, 6) is -0.500. The van der Waals surface area contributed by atoms with Gasteiger partial charge in [0, 0.05) is 0 Å². The number of halogens is 1. The van der Waals surface area contributed by atoms with Crippen LogP contribution in [0.2, 0.25) is 0 Å². The van der Waals surface area contributed by atoms with Gasteiger partial charge in [-0.2, -0.15) is 4.39 Å². The average molecular weight is 293 g/mol. The van der Waals surface area contributed by atoms with E-state index >= 15 is 0 Å². The van der Waals surface area contributed by atoms with Crippen LogP contribution < -0.4 is 10.5 Å². The molecule has 0 aromatic carbocycles. The van der Waals surface area contributed by atoms with Gasteiger partial charge in [0.25, 0.3) is 0 Å². The fourth-order valence-electron chi connectivity index (χ4n) is 1.38. The molecule has 1 aromatic rings. The van der Waals surface area contributed by atoms with Crippen LogP contribution in [-0.4, -0.2) is 16.2 Å². The summed E-state index contributed by atoms with van der Waals surface area (Å²) in [5, 5.41) is 0.645. The largest absolute Gasteiger partial charge is 0.320 e. The van der Waals surface area contributed by atoms with Gasteiger partial charge in [-0.3, -0.25) is 9.52 Å². The second kappa shape index (κ2) is 5.77. The fraction of sp³-hybridized carbons (Fsp3) is 0.500. The minimum absolute atomic E-state index is 0.199. The Balaban J connectivity index is 2.79. The maximum atomic E-state index is 13.2. The second-order valence-electron chi connectivity index (χ2n) is 4.32. The monoisotopic (exact) mass is 293 g/mol. The van der Waals surface area contributed by atoms with Crippen molar-refractivity contribution in [2.75, 3.05) is 0 Å². The van der Waals surface area contributed by atoms with Crippen molar-refractivity contribution in [3.05, 3.63) is 16.6 Å². The van der Waals surface area contributed by atoms with Gasteiger partial charge >= 0.3 is 0 Å². The zero-order valence-corrected chi connectivity index (χ0v) is 11.7. The summed E-state index contributed by atoms with van der Waals surface area (Å²) in [6.45, 7) is 3.79. The van der Waals surface area contributed by atoms with Crippen molar-refractivity contribution >= 4 is 27.2 Å². The maximum absolute atomic E-state index is 13.2. The first-order valence-electron chi connectivity index (χ1n) is 5.33. The third kappa shape index (κ3) is 3.76. The summed E-state index contributed by atoms with van der Waals surface area (Å²) in [5.41, 5.74) is 5.60. The van der Waals surface area contributed by atoms with Crippen LogP contribution >= 0.6 is 11.3 Å². The molecule has 0 aliphatic rings. The molecule has 0 radical (unpaired) electrons. The Kier molecular flexibility index (Phi) is 4.83. The Hall–Kier alpha value is -0.990. The predicted molar refractivity (Wildman–Crippen MR) is 69.0 cm³/mol. The molecule has 8 heteroatoms. The molecule has 0 spiro atoms. The molecule has 0 aliphatic carbocycles. The Labute approximate surface area is 110 Å². The van der Waals surface area contributed by atoms with Crippen LogP contribution in [0.3, 0.4) is 0 Å². The van der Waals surface area contributed by atoms with Crippen molar-refractivity contribution in [3.63, 3.8) is 0 Å². The summed E-state index contributed by atoms with van der Waals surface area (Å²) in [4.78, 5) is 11.3. The lowest BCUT2D eigenvalue weighted by atomic mass is 10.0. The molecule has 0 bridgehead atoms. The second-order valence-corrected chi connectivity index (χ2v) is 6.94. The topological polar surface area (TPSA) is 96.0 Å². The lowest BCUT2D eigenvalue weighted by Gasteiger charge is -2.15. The van der Waals surface area contributed by atoms with Crippen LogP contribution in [-0.2, 0) is 14.7 Å². The van der Waals surface area contributed by atoms with Gasteiger partial charge in [-0.1, -0.05) is 13.8 Å². The third-order valence-electron chi connectivity index (χ3n) is 2.20. The molecule has 5 nitrogen and oxygen atoms in total. The summed E-state index contributed by atoms with van der Waals surface area (Å²) in [6.07, 6.45) is 0.410. The number of carbonyl (C=O) groups excluding carboxylic acids is 1. The van der Waals surface area contributed by atoms with Gasteiger partial charge in [-0.25, -0.2) is 8.99 Å². The molecule has 102 valence electrons. The van der Waals surface area contributed by atoms with E-state index in [4.69, 9.17) is 10.5 Å². The van der Waals surface area contributed by atoms with Gasteiger partial charge in [-0.05, 0) is 23.8 Å². The molecule has 1 amide bonds. The van der Waals surface area contributed by atoms with Crippen LogP contribution in [0.25, 0.3) is 0 Å². The van der Waals surface area contributed by atoms with E-state index in [-0.39, 0.29) is 10.8 Å². The summed E-state index contributed by atoms with van der Waals surface area (Å²) < 4.78 is 34.7. The molecule has 2 atom stereocenters. The first-order valence-corrected chi connectivity index (χ1v) is 7.76. The first kappa shape index (κ1) is 15.1. The van der Waals surface area contributed by atoms with Crippen molar-refractivity contribution in [1.82, 2.24) is 4.72 Å². The number of rotatable bonds is 5. The Morgan fingerprint density at radius 3 is 2.72 bits per heavy atom. The lowest BCUT2D eigenvalue weighted by Crippen LogP contribution is -2.43. The predicted octanol–water partition coefficient (Wildman–Crippen LogP) is 1.70. The van der Waals surface area contributed by atoms with Crippen molar-refractivity contribution in [1.29, 1.82) is 4.78 Å². The highest BCUT2D eigenvalue weighted by atomic mass is 32.2. The molecule has 1 heterocycles. The average Bonchev–Trinajstić information content (AvgIpc) is 2.63. The molecule has 1 unspecified atom stereocenters. The molecule has 1 aromatic heterocycles. The van der Waals surface area contributed by atoms with E-state index in [2.05, 4.69) is 0 Å². The van der Waals surface area contributed by atoms with Gasteiger partial charge < -0.3 is 5.73 Å². The molecule has 0 saturated carbocycles. The van der Waals surface area contributed by atoms with E-state index in [0.29, 0.717) is 6.42 Å². The van der Waals surface area contributed by atoms with E-state index in [9.17, 15) is 13.4 Å². The number of hydrogen-bond donors (Lipinski definition) is 3. The molecular weight excluding hydrogens is 277 g/mol. The molecule has 4 N–H and O–H groups in total. The third-order valence-corrected chi connectivity index (χ3v) is 4.45. The normalized spacial score (nSPS) is 16.3. The van der Waals surface area contributed by atoms with Crippen molar-refractivity contribution in [2.45, 2.75) is 31.2 Å². The maximum Gasteiger partial charge on any atom is 0.249 e. The van der Waals surface area contributed by atoms with E-state index in [0.717, 1.165) is 11.3 Å².